The number of hydrogen-bond donors (Lipinski definition) is 1. The molecule has 1 N–H and O–H groups in total. The maximum atomic E-state index is 12.9. The maximum absolute atomic E-state index is 12.9. The van der Waals surface area contributed by atoms with Crippen LogP contribution in [0.1, 0.15) is 36.3 Å². The average Bonchev–Trinajstić information content (AvgIpc) is 2.67. The van der Waals surface area contributed by atoms with E-state index in [2.05, 4.69) is 5.32 Å². The van der Waals surface area contributed by atoms with Gasteiger partial charge in [0.05, 0.1) is 11.3 Å². The molecule has 2 aliphatic rings. The molecule has 0 radical (unpaired) electrons. The number of rotatable bonds is 1. The standard InChI is InChI=1S/C22H17NO3/c24-16-11-6-10-15-19(16)18(13-7-2-1-3-8-13)20-21(23-15)14-9-4-5-12-17(14)26-22(20)25/h1-5,7-9,12,18,23H,6,10-11H2. The van der Waals surface area contributed by atoms with E-state index in [1.807, 2.05) is 48.5 Å². The lowest BCUT2D eigenvalue weighted by molar-refractivity contribution is -0.116. The Hall–Kier alpha value is -3.14. The molecule has 4 heteroatoms. The minimum atomic E-state index is -0.384. The molecule has 1 aliphatic carbocycles. The normalized spacial score (nSPS) is 19.1. The Morgan fingerprint density at radius 1 is 0.923 bits per heavy atom. The number of anilines is 1. The van der Waals surface area contributed by atoms with Crippen molar-refractivity contribution in [3.8, 4) is 0 Å². The molecule has 0 spiro atoms. The van der Waals surface area contributed by atoms with E-state index >= 15 is 0 Å². The van der Waals surface area contributed by atoms with Gasteiger partial charge in [0.2, 0.25) is 0 Å². The Morgan fingerprint density at radius 2 is 1.69 bits per heavy atom. The van der Waals surface area contributed by atoms with Crippen molar-refractivity contribution in [1.82, 2.24) is 0 Å². The molecule has 5 rings (SSSR count). The van der Waals surface area contributed by atoms with Gasteiger partial charge in [0.1, 0.15) is 5.58 Å². The van der Waals surface area contributed by atoms with E-state index in [4.69, 9.17) is 4.42 Å². The quantitative estimate of drug-likeness (QED) is 0.667. The van der Waals surface area contributed by atoms with Crippen LogP contribution in [0.15, 0.2) is 75.1 Å². The van der Waals surface area contributed by atoms with Crippen molar-refractivity contribution in [3.05, 3.63) is 87.4 Å². The third kappa shape index (κ3) is 2.15. The minimum absolute atomic E-state index is 0.116. The van der Waals surface area contributed by atoms with Crippen molar-refractivity contribution < 1.29 is 9.21 Å². The van der Waals surface area contributed by atoms with Crippen LogP contribution in [0.5, 0.6) is 0 Å². The zero-order valence-corrected chi connectivity index (χ0v) is 14.1. The Bertz CT molecular complexity index is 1130. The molecule has 4 nitrogen and oxygen atoms in total. The van der Waals surface area contributed by atoms with Gasteiger partial charge in [-0.25, -0.2) is 4.79 Å². The molecule has 0 fully saturated rings. The van der Waals surface area contributed by atoms with Crippen LogP contribution in [0.3, 0.4) is 0 Å². The van der Waals surface area contributed by atoms with Crippen molar-refractivity contribution in [2.45, 2.75) is 25.2 Å². The van der Waals surface area contributed by atoms with Gasteiger partial charge in [-0.3, -0.25) is 4.79 Å². The molecule has 0 saturated carbocycles. The van der Waals surface area contributed by atoms with E-state index in [9.17, 15) is 9.59 Å². The zero-order valence-electron chi connectivity index (χ0n) is 14.1. The van der Waals surface area contributed by atoms with Gasteiger partial charge in [-0.05, 0) is 30.5 Å². The van der Waals surface area contributed by atoms with Gasteiger partial charge in [-0.15, -0.1) is 0 Å². The molecule has 26 heavy (non-hydrogen) atoms. The van der Waals surface area contributed by atoms with Crippen LogP contribution in [0, 0.1) is 0 Å². The minimum Gasteiger partial charge on any atom is -0.422 e. The summed E-state index contributed by atoms with van der Waals surface area (Å²) in [4.78, 5) is 25.7. The van der Waals surface area contributed by atoms with Crippen molar-refractivity contribution >= 4 is 22.4 Å². The fourth-order valence-electron chi connectivity index (χ4n) is 4.16. The van der Waals surface area contributed by atoms with Crippen LogP contribution in [-0.4, -0.2) is 5.78 Å². The third-order valence-corrected chi connectivity index (χ3v) is 5.29. The van der Waals surface area contributed by atoms with Gasteiger partial charge in [0.25, 0.3) is 0 Å². The number of carbonyl (C=O) groups is 1. The lowest BCUT2D eigenvalue weighted by Crippen LogP contribution is -2.30. The molecular weight excluding hydrogens is 326 g/mol. The van der Waals surface area contributed by atoms with Crippen molar-refractivity contribution in [1.29, 1.82) is 0 Å². The van der Waals surface area contributed by atoms with Crippen LogP contribution >= 0.6 is 0 Å². The molecule has 1 aromatic heterocycles. The average molecular weight is 343 g/mol. The summed E-state index contributed by atoms with van der Waals surface area (Å²) in [5, 5.41) is 4.28. The van der Waals surface area contributed by atoms with Gasteiger partial charge in [-0.1, -0.05) is 42.5 Å². The van der Waals surface area contributed by atoms with Gasteiger partial charge in [0.15, 0.2) is 5.78 Å². The Kier molecular flexibility index (Phi) is 3.32. The van der Waals surface area contributed by atoms with Crippen molar-refractivity contribution in [2.24, 2.45) is 0 Å². The number of nitrogens with one attached hydrogen (secondary N) is 1. The summed E-state index contributed by atoms with van der Waals surface area (Å²) in [7, 11) is 0. The lowest BCUT2D eigenvalue weighted by Gasteiger charge is -2.33. The topological polar surface area (TPSA) is 59.3 Å². The second kappa shape index (κ2) is 5.70. The molecule has 2 heterocycles. The Labute approximate surface area is 150 Å². The smallest absolute Gasteiger partial charge is 0.342 e. The summed E-state index contributed by atoms with van der Waals surface area (Å²) >= 11 is 0. The van der Waals surface area contributed by atoms with Gasteiger partial charge in [-0.2, -0.15) is 0 Å². The van der Waals surface area contributed by atoms with E-state index in [0.717, 1.165) is 40.7 Å². The van der Waals surface area contributed by atoms with Crippen LogP contribution in [-0.2, 0) is 4.79 Å². The Morgan fingerprint density at radius 3 is 2.54 bits per heavy atom. The number of Topliss-reactive ketones (excluding diaryl/α,β-unsaturated/α-hetero) is 1. The summed E-state index contributed by atoms with van der Waals surface area (Å²) in [5.74, 6) is -0.262. The van der Waals surface area contributed by atoms with Crippen molar-refractivity contribution in [3.63, 3.8) is 0 Å². The van der Waals surface area contributed by atoms with Crippen LogP contribution < -0.4 is 10.9 Å². The molecular formula is C22H17NO3. The van der Waals surface area contributed by atoms with E-state index < -0.39 is 0 Å². The van der Waals surface area contributed by atoms with Gasteiger partial charge < -0.3 is 9.73 Å². The van der Waals surface area contributed by atoms with Crippen LogP contribution in [0.4, 0.5) is 5.69 Å². The summed E-state index contributed by atoms with van der Waals surface area (Å²) in [6.45, 7) is 0. The van der Waals surface area contributed by atoms with E-state index in [0.29, 0.717) is 17.6 Å². The molecule has 1 atom stereocenters. The lowest BCUT2D eigenvalue weighted by atomic mass is 9.75. The highest BCUT2D eigenvalue weighted by atomic mass is 16.4. The first-order valence-electron chi connectivity index (χ1n) is 8.88. The third-order valence-electron chi connectivity index (χ3n) is 5.29. The molecule has 1 aliphatic heterocycles. The van der Waals surface area contributed by atoms with Crippen LogP contribution in [0.25, 0.3) is 11.0 Å². The number of fused-ring (bicyclic) bond motifs is 3. The number of hydrogen-bond acceptors (Lipinski definition) is 4. The molecule has 128 valence electrons. The molecule has 1 unspecified atom stereocenters. The fourth-order valence-corrected chi connectivity index (χ4v) is 4.16. The van der Waals surface area contributed by atoms with Gasteiger partial charge in [0, 0.05) is 29.0 Å². The number of benzene rings is 2. The summed E-state index contributed by atoms with van der Waals surface area (Å²) in [6.07, 6.45) is 2.18. The predicted molar refractivity (Wildman–Crippen MR) is 100 cm³/mol. The summed E-state index contributed by atoms with van der Waals surface area (Å²) < 4.78 is 5.60. The highest BCUT2D eigenvalue weighted by Gasteiger charge is 2.38. The SMILES string of the molecule is O=C1CCCC2=C1C(c1ccccc1)c1c(c3ccccc3oc1=O)N2. The number of ketones is 1. The highest BCUT2D eigenvalue weighted by molar-refractivity contribution is 6.03. The first-order chi connectivity index (χ1) is 12.7. The molecule has 0 bridgehead atoms. The first kappa shape index (κ1) is 15.1. The predicted octanol–water partition coefficient (Wildman–Crippen LogP) is 4.36. The van der Waals surface area contributed by atoms with Crippen LogP contribution in [0.2, 0.25) is 0 Å². The summed E-state index contributed by atoms with van der Waals surface area (Å²) in [5.41, 5.74) is 4.09. The molecule has 0 saturated heterocycles. The van der Waals surface area contributed by atoms with E-state index in [1.54, 1.807) is 6.07 Å². The zero-order chi connectivity index (χ0) is 17.7. The number of carbonyl (C=O) groups excluding carboxylic acids is 1. The van der Waals surface area contributed by atoms with Crippen molar-refractivity contribution in [2.75, 3.05) is 5.32 Å². The maximum Gasteiger partial charge on any atom is 0.342 e. The monoisotopic (exact) mass is 343 g/mol. The van der Waals surface area contributed by atoms with E-state index in [1.165, 1.54) is 0 Å². The molecule has 2 aromatic carbocycles. The fraction of sp³-hybridized carbons (Fsp3) is 0.182. The van der Waals surface area contributed by atoms with E-state index in [-0.39, 0.29) is 17.3 Å². The first-order valence-corrected chi connectivity index (χ1v) is 8.88. The number of allylic oxidation sites excluding steroid dienone is 2. The Balaban J connectivity index is 1.87. The highest BCUT2D eigenvalue weighted by Crippen LogP contribution is 2.45. The second-order valence-electron chi connectivity index (χ2n) is 6.81. The molecule has 3 aromatic rings. The van der Waals surface area contributed by atoms with Gasteiger partial charge >= 0.3 is 5.63 Å². The number of para-hydroxylation sites is 1. The largest absolute Gasteiger partial charge is 0.422 e. The second-order valence-corrected chi connectivity index (χ2v) is 6.81. The molecule has 0 amide bonds. The summed E-state index contributed by atoms with van der Waals surface area (Å²) in [6, 6.07) is 17.3.